The Morgan fingerprint density at radius 1 is 1.45 bits per heavy atom. The first-order valence-corrected chi connectivity index (χ1v) is 7.40. The van der Waals surface area contributed by atoms with Gasteiger partial charge in [0, 0.05) is 0 Å². The maximum absolute atomic E-state index is 6.22. The third-order valence-electron chi connectivity index (χ3n) is 3.36. The minimum Gasteiger partial charge on any atom is -0.495 e. The van der Waals surface area contributed by atoms with Crippen LogP contribution >= 0.6 is 11.6 Å². The van der Waals surface area contributed by atoms with Crippen LogP contribution in [-0.4, -0.2) is 39.6 Å². The Bertz CT molecular complexity index is 422. The second-order valence-electron chi connectivity index (χ2n) is 4.81. The second-order valence-corrected chi connectivity index (χ2v) is 5.22. The Labute approximate surface area is 125 Å². The van der Waals surface area contributed by atoms with Gasteiger partial charge in [-0.05, 0) is 30.7 Å². The van der Waals surface area contributed by atoms with Gasteiger partial charge in [-0.25, -0.2) is 0 Å². The van der Waals surface area contributed by atoms with E-state index in [0.717, 1.165) is 18.5 Å². The van der Waals surface area contributed by atoms with E-state index in [1.807, 2.05) is 18.2 Å². The van der Waals surface area contributed by atoms with E-state index in [4.69, 9.17) is 25.8 Å². The molecule has 0 amide bonds. The molecule has 112 valence electrons. The molecule has 1 fully saturated rings. The van der Waals surface area contributed by atoms with Crippen molar-refractivity contribution >= 4 is 11.6 Å². The van der Waals surface area contributed by atoms with Crippen LogP contribution in [0.5, 0.6) is 5.75 Å². The second kappa shape index (κ2) is 7.84. The first-order chi connectivity index (χ1) is 9.76. The molecule has 1 heterocycles. The molecule has 5 heteroatoms. The molecule has 1 aromatic rings. The Morgan fingerprint density at radius 3 is 2.90 bits per heavy atom. The number of halogens is 1. The van der Waals surface area contributed by atoms with E-state index in [2.05, 4.69) is 12.2 Å². The van der Waals surface area contributed by atoms with Crippen molar-refractivity contribution < 1.29 is 14.2 Å². The molecule has 1 aromatic carbocycles. The molecule has 0 saturated carbocycles. The predicted molar refractivity (Wildman–Crippen MR) is 79.6 cm³/mol. The van der Waals surface area contributed by atoms with Crippen LogP contribution in [0.1, 0.15) is 24.9 Å². The Balaban J connectivity index is 2.18. The molecule has 0 radical (unpaired) electrons. The summed E-state index contributed by atoms with van der Waals surface area (Å²) in [5, 5.41) is 4.13. The molecular weight excluding hydrogens is 278 g/mol. The number of benzene rings is 1. The van der Waals surface area contributed by atoms with E-state index < -0.39 is 0 Å². The molecule has 20 heavy (non-hydrogen) atoms. The summed E-state index contributed by atoms with van der Waals surface area (Å²) in [4.78, 5) is 0. The van der Waals surface area contributed by atoms with Crippen molar-refractivity contribution in [3.63, 3.8) is 0 Å². The molecule has 1 aliphatic rings. The molecular formula is C15H22ClNO3. The highest BCUT2D eigenvalue weighted by Crippen LogP contribution is 2.30. The topological polar surface area (TPSA) is 39.7 Å². The number of methoxy groups -OCH3 is 1. The minimum absolute atomic E-state index is 0.0137. The number of rotatable bonds is 6. The zero-order valence-corrected chi connectivity index (χ0v) is 12.8. The predicted octanol–water partition coefficient (Wildman–Crippen LogP) is 2.80. The van der Waals surface area contributed by atoms with Crippen LogP contribution in [0, 0.1) is 0 Å². The lowest BCUT2D eigenvalue weighted by Gasteiger charge is -2.31. The van der Waals surface area contributed by atoms with Crippen LogP contribution in [0.3, 0.4) is 0 Å². The van der Waals surface area contributed by atoms with Gasteiger partial charge in [-0.3, -0.25) is 0 Å². The maximum Gasteiger partial charge on any atom is 0.137 e. The zero-order chi connectivity index (χ0) is 14.4. The normalized spacial score (nSPS) is 20.6. The Hall–Kier alpha value is -0.810. The van der Waals surface area contributed by atoms with Gasteiger partial charge in [0.15, 0.2) is 0 Å². The van der Waals surface area contributed by atoms with Gasteiger partial charge in [0.2, 0.25) is 0 Å². The molecule has 2 unspecified atom stereocenters. The summed E-state index contributed by atoms with van der Waals surface area (Å²) >= 11 is 6.22. The molecule has 1 aliphatic heterocycles. The molecule has 4 nitrogen and oxygen atoms in total. The lowest BCUT2D eigenvalue weighted by molar-refractivity contribution is -0.102. The number of hydrogen-bond acceptors (Lipinski definition) is 4. The van der Waals surface area contributed by atoms with Gasteiger partial charge >= 0.3 is 0 Å². The van der Waals surface area contributed by atoms with Crippen LogP contribution in [0.25, 0.3) is 0 Å². The average Bonchev–Trinajstić information content (AvgIpc) is 2.49. The molecule has 0 aliphatic carbocycles. The zero-order valence-electron chi connectivity index (χ0n) is 12.0. The first-order valence-electron chi connectivity index (χ1n) is 7.02. The van der Waals surface area contributed by atoms with Crippen molar-refractivity contribution in [1.29, 1.82) is 0 Å². The molecule has 0 aromatic heterocycles. The van der Waals surface area contributed by atoms with Crippen molar-refractivity contribution in [2.24, 2.45) is 0 Å². The SMILES string of the molecule is CCCNC(c1ccc(OC)c(Cl)c1)C1COCCO1. The quantitative estimate of drug-likeness (QED) is 0.877. The van der Waals surface area contributed by atoms with Crippen molar-refractivity contribution in [2.75, 3.05) is 33.5 Å². The fourth-order valence-corrected chi connectivity index (χ4v) is 2.60. The van der Waals surface area contributed by atoms with Crippen LogP contribution in [-0.2, 0) is 9.47 Å². The van der Waals surface area contributed by atoms with Crippen molar-refractivity contribution in [2.45, 2.75) is 25.5 Å². The number of hydrogen-bond donors (Lipinski definition) is 1. The number of ether oxygens (including phenoxy) is 3. The highest BCUT2D eigenvalue weighted by Gasteiger charge is 2.26. The van der Waals surface area contributed by atoms with Crippen LogP contribution in [0.2, 0.25) is 5.02 Å². The van der Waals surface area contributed by atoms with Crippen molar-refractivity contribution in [3.8, 4) is 5.75 Å². The van der Waals surface area contributed by atoms with E-state index in [-0.39, 0.29) is 12.1 Å². The van der Waals surface area contributed by atoms with E-state index in [0.29, 0.717) is 30.6 Å². The standard InChI is InChI=1S/C15H22ClNO3/c1-3-6-17-15(14-10-19-7-8-20-14)11-4-5-13(18-2)12(16)9-11/h4-5,9,14-15,17H,3,6-8,10H2,1-2H3. The molecule has 1 saturated heterocycles. The number of nitrogens with one attached hydrogen (secondary N) is 1. The molecule has 1 N–H and O–H groups in total. The lowest BCUT2D eigenvalue weighted by atomic mass is 10.0. The summed E-state index contributed by atoms with van der Waals surface area (Å²) in [6, 6.07) is 5.93. The first kappa shape index (κ1) is 15.6. The summed E-state index contributed by atoms with van der Waals surface area (Å²) in [5.74, 6) is 0.686. The summed E-state index contributed by atoms with van der Waals surface area (Å²) in [5.41, 5.74) is 1.10. The molecule has 0 spiro atoms. The van der Waals surface area contributed by atoms with Gasteiger partial charge in [0.1, 0.15) is 11.9 Å². The van der Waals surface area contributed by atoms with Crippen molar-refractivity contribution in [3.05, 3.63) is 28.8 Å². The van der Waals surface area contributed by atoms with E-state index in [1.165, 1.54) is 0 Å². The third-order valence-corrected chi connectivity index (χ3v) is 3.66. The smallest absolute Gasteiger partial charge is 0.137 e. The van der Waals surface area contributed by atoms with Gasteiger partial charge in [0.25, 0.3) is 0 Å². The van der Waals surface area contributed by atoms with E-state index >= 15 is 0 Å². The average molecular weight is 300 g/mol. The van der Waals surface area contributed by atoms with Gasteiger partial charge < -0.3 is 19.5 Å². The summed E-state index contributed by atoms with van der Waals surface area (Å²) in [7, 11) is 1.62. The molecule has 2 rings (SSSR count). The monoisotopic (exact) mass is 299 g/mol. The van der Waals surface area contributed by atoms with Crippen LogP contribution in [0.4, 0.5) is 0 Å². The summed E-state index contributed by atoms with van der Waals surface area (Å²) < 4.78 is 16.5. The maximum atomic E-state index is 6.22. The Kier molecular flexibility index (Phi) is 6.10. The van der Waals surface area contributed by atoms with Gasteiger partial charge in [-0.2, -0.15) is 0 Å². The van der Waals surface area contributed by atoms with Crippen LogP contribution in [0.15, 0.2) is 18.2 Å². The van der Waals surface area contributed by atoms with Gasteiger partial charge in [-0.1, -0.05) is 24.6 Å². The van der Waals surface area contributed by atoms with E-state index in [1.54, 1.807) is 7.11 Å². The largest absolute Gasteiger partial charge is 0.495 e. The van der Waals surface area contributed by atoms with Gasteiger partial charge in [0.05, 0.1) is 38.0 Å². The Morgan fingerprint density at radius 2 is 2.30 bits per heavy atom. The lowest BCUT2D eigenvalue weighted by Crippen LogP contribution is -2.40. The fourth-order valence-electron chi connectivity index (χ4n) is 2.34. The molecule has 2 atom stereocenters. The van der Waals surface area contributed by atoms with Crippen molar-refractivity contribution in [1.82, 2.24) is 5.32 Å². The minimum atomic E-state index is 0.0137. The van der Waals surface area contributed by atoms with E-state index in [9.17, 15) is 0 Å². The summed E-state index contributed by atoms with van der Waals surface area (Å²) in [6.45, 7) is 4.97. The fraction of sp³-hybridized carbons (Fsp3) is 0.600. The van der Waals surface area contributed by atoms with Crippen LogP contribution < -0.4 is 10.1 Å². The molecule has 0 bridgehead atoms. The summed E-state index contributed by atoms with van der Waals surface area (Å²) in [6.07, 6.45) is 1.08. The highest BCUT2D eigenvalue weighted by atomic mass is 35.5. The van der Waals surface area contributed by atoms with Gasteiger partial charge in [-0.15, -0.1) is 0 Å². The third kappa shape index (κ3) is 3.85. The highest BCUT2D eigenvalue weighted by molar-refractivity contribution is 6.32.